The Kier molecular flexibility index (Phi) is 5.72. The highest BCUT2D eigenvalue weighted by atomic mass is 35.5. The summed E-state index contributed by atoms with van der Waals surface area (Å²) in [6.45, 7) is 5.25. The average Bonchev–Trinajstić information content (AvgIpc) is 2.63. The van der Waals surface area contributed by atoms with Gasteiger partial charge < -0.3 is 9.64 Å². The Morgan fingerprint density at radius 3 is 2.29 bits per heavy atom. The van der Waals surface area contributed by atoms with Gasteiger partial charge >= 0.3 is 0 Å². The lowest BCUT2D eigenvalue weighted by Crippen LogP contribution is -2.49. The van der Waals surface area contributed by atoms with Crippen molar-refractivity contribution in [2.45, 2.75) is 0 Å². The summed E-state index contributed by atoms with van der Waals surface area (Å²) in [6.07, 6.45) is 0. The van der Waals surface area contributed by atoms with Crippen molar-refractivity contribution in [1.29, 1.82) is 5.41 Å². The minimum absolute atomic E-state index is 0.576. The SMILES string of the molecule is N=C(c1ccc(Cl)cc1)N1CCN(CCOc2ccccc2)CC1. The molecule has 3 rings (SSSR count). The fourth-order valence-corrected chi connectivity index (χ4v) is 2.92. The van der Waals surface area contributed by atoms with Crippen LogP contribution < -0.4 is 4.74 Å². The zero-order valence-corrected chi connectivity index (χ0v) is 14.4. The second kappa shape index (κ2) is 8.18. The van der Waals surface area contributed by atoms with Gasteiger partial charge in [0.25, 0.3) is 0 Å². The molecule has 1 fully saturated rings. The van der Waals surface area contributed by atoms with Crippen LogP contribution in [0.2, 0.25) is 5.02 Å². The normalized spacial score (nSPS) is 15.3. The summed E-state index contributed by atoms with van der Waals surface area (Å²) in [5.41, 5.74) is 0.917. The molecular weight excluding hydrogens is 322 g/mol. The molecule has 126 valence electrons. The van der Waals surface area contributed by atoms with Crippen LogP contribution in [0.15, 0.2) is 54.6 Å². The molecule has 1 heterocycles. The van der Waals surface area contributed by atoms with Gasteiger partial charge in [0.1, 0.15) is 18.2 Å². The van der Waals surface area contributed by atoms with E-state index in [9.17, 15) is 0 Å². The van der Waals surface area contributed by atoms with E-state index in [1.807, 2.05) is 54.6 Å². The number of benzene rings is 2. The van der Waals surface area contributed by atoms with Crippen molar-refractivity contribution in [3.8, 4) is 5.75 Å². The Bertz CT molecular complexity index is 652. The van der Waals surface area contributed by atoms with Gasteiger partial charge in [0.15, 0.2) is 0 Å². The first-order valence-corrected chi connectivity index (χ1v) is 8.60. The summed E-state index contributed by atoms with van der Waals surface area (Å²) < 4.78 is 5.75. The van der Waals surface area contributed by atoms with Crippen molar-refractivity contribution in [1.82, 2.24) is 9.80 Å². The highest BCUT2D eigenvalue weighted by Crippen LogP contribution is 2.13. The van der Waals surface area contributed by atoms with Crippen LogP contribution in [0, 0.1) is 5.41 Å². The second-order valence-corrected chi connectivity index (χ2v) is 6.28. The minimum atomic E-state index is 0.576. The quantitative estimate of drug-likeness (QED) is 0.668. The van der Waals surface area contributed by atoms with E-state index in [1.54, 1.807) is 0 Å². The molecule has 0 saturated carbocycles. The third-order valence-electron chi connectivity index (χ3n) is 4.23. The maximum Gasteiger partial charge on any atom is 0.128 e. The van der Waals surface area contributed by atoms with Crippen LogP contribution >= 0.6 is 11.6 Å². The summed E-state index contributed by atoms with van der Waals surface area (Å²) in [6, 6.07) is 17.4. The average molecular weight is 344 g/mol. The Hall–Kier alpha value is -2.04. The zero-order chi connectivity index (χ0) is 16.8. The van der Waals surface area contributed by atoms with Crippen LogP contribution in [0.5, 0.6) is 5.75 Å². The lowest BCUT2D eigenvalue weighted by Gasteiger charge is -2.36. The van der Waals surface area contributed by atoms with Crippen LogP contribution in [0.1, 0.15) is 5.56 Å². The highest BCUT2D eigenvalue weighted by molar-refractivity contribution is 6.30. The van der Waals surface area contributed by atoms with Gasteiger partial charge in [0.2, 0.25) is 0 Å². The van der Waals surface area contributed by atoms with E-state index in [1.165, 1.54) is 0 Å². The van der Waals surface area contributed by atoms with Crippen LogP contribution in [-0.4, -0.2) is 55.0 Å². The largest absolute Gasteiger partial charge is 0.492 e. The summed E-state index contributed by atoms with van der Waals surface area (Å²) >= 11 is 5.91. The zero-order valence-electron chi connectivity index (χ0n) is 13.6. The van der Waals surface area contributed by atoms with Crippen molar-refractivity contribution in [2.24, 2.45) is 0 Å². The number of piperazine rings is 1. The number of amidine groups is 1. The molecule has 5 heteroatoms. The summed E-state index contributed by atoms with van der Waals surface area (Å²) in [5, 5.41) is 9.05. The van der Waals surface area contributed by atoms with Gasteiger partial charge in [-0.3, -0.25) is 10.3 Å². The maximum absolute atomic E-state index is 8.35. The first-order chi connectivity index (χ1) is 11.7. The van der Waals surface area contributed by atoms with Crippen LogP contribution in [0.4, 0.5) is 0 Å². The summed E-state index contributed by atoms with van der Waals surface area (Å²) in [5.74, 6) is 1.49. The van der Waals surface area contributed by atoms with Gasteiger partial charge in [-0.15, -0.1) is 0 Å². The van der Waals surface area contributed by atoms with Crippen LogP contribution in [0.25, 0.3) is 0 Å². The Labute approximate surface area is 148 Å². The van der Waals surface area contributed by atoms with Crippen molar-refractivity contribution < 1.29 is 4.74 Å². The Balaban J connectivity index is 1.42. The fraction of sp³-hybridized carbons (Fsp3) is 0.316. The minimum Gasteiger partial charge on any atom is -0.492 e. The third kappa shape index (κ3) is 4.49. The van der Waals surface area contributed by atoms with E-state index < -0.39 is 0 Å². The van der Waals surface area contributed by atoms with Gasteiger partial charge in [0.05, 0.1) is 0 Å². The number of rotatable bonds is 5. The molecule has 0 atom stereocenters. The molecule has 1 aliphatic rings. The molecule has 2 aromatic carbocycles. The molecule has 0 radical (unpaired) electrons. The molecule has 0 spiro atoms. The standard InChI is InChI=1S/C19H22ClN3O/c20-17-8-6-16(7-9-17)19(21)23-12-10-22(11-13-23)14-15-24-18-4-2-1-3-5-18/h1-9,21H,10-15H2. The Morgan fingerprint density at radius 1 is 0.958 bits per heavy atom. The first-order valence-electron chi connectivity index (χ1n) is 8.22. The van der Waals surface area contributed by atoms with E-state index >= 15 is 0 Å². The predicted molar refractivity (Wildman–Crippen MR) is 98.2 cm³/mol. The van der Waals surface area contributed by atoms with Gasteiger partial charge in [-0.25, -0.2) is 0 Å². The number of nitrogens with one attached hydrogen (secondary N) is 1. The molecule has 1 N–H and O–H groups in total. The molecule has 0 unspecified atom stereocenters. The number of ether oxygens (including phenoxy) is 1. The van der Waals surface area contributed by atoms with E-state index in [0.29, 0.717) is 17.5 Å². The maximum atomic E-state index is 8.35. The molecular formula is C19H22ClN3O. The number of hydrogen-bond donors (Lipinski definition) is 1. The molecule has 4 nitrogen and oxygen atoms in total. The van der Waals surface area contributed by atoms with E-state index in [-0.39, 0.29) is 0 Å². The van der Waals surface area contributed by atoms with Gasteiger partial charge in [-0.1, -0.05) is 29.8 Å². The molecule has 0 aliphatic carbocycles. The number of hydrogen-bond acceptors (Lipinski definition) is 3. The molecule has 0 amide bonds. The number of para-hydroxylation sites is 1. The fourth-order valence-electron chi connectivity index (χ4n) is 2.79. The lowest BCUT2D eigenvalue weighted by atomic mass is 10.1. The van der Waals surface area contributed by atoms with Crippen LogP contribution in [-0.2, 0) is 0 Å². The predicted octanol–water partition coefficient (Wildman–Crippen LogP) is 3.36. The van der Waals surface area contributed by atoms with Gasteiger partial charge in [0, 0.05) is 43.3 Å². The van der Waals surface area contributed by atoms with E-state index in [0.717, 1.165) is 44.0 Å². The number of halogens is 1. The second-order valence-electron chi connectivity index (χ2n) is 5.85. The highest BCUT2D eigenvalue weighted by Gasteiger charge is 2.19. The van der Waals surface area contributed by atoms with Crippen molar-refractivity contribution in [2.75, 3.05) is 39.3 Å². The van der Waals surface area contributed by atoms with Crippen molar-refractivity contribution >= 4 is 17.4 Å². The summed E-state index contributed by atoms with van der Waals surface area (Å²) in [4.78, 5) is 4.51. The first kappa shape index (κ1) is 16.8. The van der Waals surface area contributed by atoms with E-state index in [2.05, 4.69) is 9.80 Å². The molecule has 0 aromatic heterocycles. The topological polar surface area (TPSA) is 39.6 Å². The lowest BCUT2D eigenvalue weighted by molar-refractivity contribution is 0.154. The summed E-state index contributed by atoms with van der Waals surface area (Å²) in [7, 11) is 0. The van der Waals surface area contributed by atoms with Crippen molar-refractivity contribution in [3.63, 3.8) is 0 Å². The molecule has 1 saturated heterocycles. The molecule has 1 aliphatic heterocycles. The van der Waals surface area contributed by atoms with E-state index in [4.69, 9.17) is 21.7 Å². The third-order valence-corrected chi connectivity index (χ3v) is 4.48. The Morgan fingerprint density at radius 2 is 1.62 bits per heavy atom. The van der Waals surface area contributed by atoms with Gasteiger partial charge in [-0.2, -0.15) is 0 Å². The van der Waals surface area contributed by atoms with Gasteiger partial charge in [-0.05, 0) is 36.4 Å². The van der Waals surface area contributed by atoms with Crippen molar-refractivity contribution in [3.05, 3.63) is 65.2 Å². The smallest absolute Gasteiger partial charge is 0.128 e. The molecule has 0 bridgehead atoms. The molecule has 2 aromatic rings. The monoisotopic (exact) mass is 343 g/mol. The van der Waals surface area contributed by atoms with Crippen LogP contribution in [0.3, 0.4) is 0 Å². The molecule has 24 heavy (non-hydrogen) atoms. The number of nitrogens with zero attached hydrogens (tertiary/aromatic N) is 2.